The smallest absolute Gasteiger partial charge is 0.120 e. The van der Waals surface area contributed by atoms with Gasteiger partial charge in [-0.1, -0.05) is 19.1 Å². The van der Waals surface area contributed by atoms with Crippen LogP contribution >= 0.6 is 12.4 Å². The van der Waals surface area contributed by atoms with E-state index in [0.29, 0.717) is 11.7 Å². The summed E-state index contributed by atoms with van der Waals surface area (Å²) in [6.45, 7) is 6.00. The molecule has 0 aliphatic carbocycles. The van der Waals surface area contributed by atoms with E-state index >= 15 is 0 Å². The van der Waals surface area contributed by atoms with Crippen LogP contribution in [-0.4, -0.2) is 24.0 Å². The van der Waals surface area contributed by atoms with Crippen molar-refractivity contribution in [3.05, 3.63) is 29.8 Å². The van der Waals surface area contributed by atoms with Gasteiger partial charge in [-0.15, -0.1) is 12.4 Å². The summed E-state index contributed by atoms with van der Waals surface area (Å²) in [5, 5.41) is 12.8. The number of aromatic hydroxyl groups is 1. The number of rotatable bonds is 2. The minimum atomic E-state index is -0.305. The van der Waals surface area contributed by atoms with Gasteiger partial charge in [0.25, 0.3) is 0 Å². The van der Waals surface area contributed by atoms with Crippen LogP contribution in [0.25, 0.3) is 0 Å². The van der Waals surface area contributed by atoms with Crippen LogP contribution in [0.1, 0.15) is 19.4 Å². The highest BCUT2D eigenvalue weighted by Crippen LogP contribution is 2.21. The summed E-state index contributed by atoms with van der Waals surface area (Å²) in [5.74, 6) is 0.877. The maximum atomic E-state index is 9.41. The number of benzene rings is 1. The van der Waals surface area contributed by atoms with Crippen LogP contribution in [0.2, 0.25) is 0 Å². The van der Waals surface area contributed by atoms with E-state index in [1.165, 1.54) is 0 Å². The Balaban J connectivity index is 0.00000144. The standard InChI is InChI=1S/C13H19NO2.ClH/c1-10-8-14-13(2,16-9-10)7-11-4-3-5-12(15)6-11;/h3-6,10,14-15H,7-9H2,1-2H3;1H. The molecule has 0 amide bonds. The summed E-state index contributed by atoms with van der Waals surface area (Å²) >= 11 is 0. The molecule has 1 aliphatic heterocycles. The lowest BCUT2D eigenvalue weighted by Gasteiger charge is -2.38. The quantitative estimate of drug-likeness (QED) is 0.855. The van der Waals surface area contributed by atoms with Gasteiger partial charge >= 0.3 is 0 Å². The van der Waals surface area contributed by atoms with Gasteiger partial charge < -0.3 is 9.84 Å². The molecule has 4 heteroatoms. The molecule has 0 aromatic heterocycles. The molecule has 1 aromatic carbocycles. The summed E-state index contributed by atoms with van der Waals surface area (Å²) in [5.41, 5.74) is 0.782. The van der Waals surface area contributed by atoms with Crippen molar-refractivity contribution in [1.29, 1.82) is 0 Å². The van der Waals surface area contributed by atoms with Crippen LogP contribution in [0.4, 0.5) is 0 Å². The minimum absolute atomic E-state index is 0. The van der Waals surface area contributed by atoms with Crippen LogP contribution < -0.4 is 5.32 Å². The van der Waals surface area contributed by atoms with E-state index in [9.17, 15) is 5.11 Å². The summed E-state index contributed by atoms with van der Waals surface area (Å²) in [4.78, 5) is 0. The van der Waals surface area contributed by atoms with E-state index in [4.69, 9.17) is 4.74 Å². The zero-order valence-corrected chi connectivity index (χ0v) is 11.1. The van der Waals surface area contributed by atoms with Crippen molar-refractivity contribution < 1.29 is 9.84 Å². The molecule has 2 rings (SSSR count). The number of ether oxygens (including phenoxy) is 1. The Labute approximate surface area is 109 Å². The zero-order chi connectivity index (χ0) is 11.6. The van der Waals surface area contributed by atoms with Crippen molar-refractivity contribution in [2.45, 2.75) is 26.0 Å². The minimum Gasteiger partial charge on any atom is -0.508 e. The molecular weight excluding hydrogens is 238 g/mol. The van der Waals surface area contributed by atoms with Gasteiger partial charge in [-0.3, -0.25) is 5.32 Å². The normalized spacial score (nSPS) is 28.5. The van der Waals surface area contributed by atoms with Crippen LogP contribution in [0.5, 0.6) is 5.75 Å². The summed E-state index contributed by atoms with van der Waals surface area (Å²) < 4.78 is 5.83. The molecule has 0 saturated carbocycles. The van der Waals surface area contributed by atoms with Crippen molar-refractivity contribution >= 4 is 12.4 Å². The zero-order valence-electron chi connectivity index (χ0n) is 10.3. The van der Waals surface area contributed by atoms with Crippen LogP contribution in [0, 0.1) is 5.92 Å². The number of phenols is 1. The Morgan fingerprint density at radius 2 is 2.29 bits per heavy atom. The Hall–Kier alpha value is -0.770. The Morgan fingerprint density at radius 3 is 2.88 bits per heavy atom. The average molecular weight is 258 g/mol. The van der Waals surface area contributed by atoms with Gasteiger partial charge in [0, 0.05) is 13.0 Å². The monoisotopic (exact) mass is 257 g/mol. The molecule has 1 aromatic rings. The first-order valence-corrected chi connectivity index (χ1v) is 5.74. The van der Waals surface area contributed by atoms with Crippen molar-refractivity contribution in [2.24, 2.45) is 5.92 Å². The van der Waals surface area contributed by atoms with Crippen molar-refractivity contribution in [3.63, 3.8) is 0 Å². The van der Waals surface area contributed by atoms with Crippen LogP contribution in [0.15, 0.2) is 24.3 Å². The molecule has 96 valence electrons. The first-order chi connectivity index (χ1) is 7.57. The molecule has 0 radical (unpaired) electrons. The molecule has 3 nitrogen and oxygen atoms in total. The molecule has 0 bridgehead atoms. The fourth-order valence-electron chi connectivity index (χ4n) is 2.00. The number of nitrogens with one attached hydrogen (secondary N) is 1. The highest BCUT2D eigenvalue weighted by molar-refractivity contribution is 5.85. The third-order valence-electron chi connectivity index (χ3n) is 2.96. The molecule has 0 spiro atoms. The third kappa shape index (κ3) is 3.87. The maximum Gasteiger partial charge on any atom is 0.120 e. The van der Waals surface area contributed by atoms with Crippen LogP contribution in [-0.2, 0) is 11.2 Å². The van der Waals surface area contributed by atoms with E-state index < -0.39 is 0 Å². The summed E-state index contributed by atoms with van der Waals surface area (Å²) in [6, 6.07) is 7.34. The lowest BCUT2D eigenvalue weighted by atomic mass is 10.0. The molecule has 17 heavy (non-hydrogen) atoms. The maximum absolute atomic E-state index is 9.41. The highest BCUT2D eigenvalue weighted by atomic mass is 35.5. The molecule has 2 N–H and O–H groups in total. The molecule has 1 saturated heterocycles. The molecule has 1 heterocycles. The number of halogens is 1. The number of hydrogen-bond acceptors (Lipinski definition) is 3. The first kappa shape index (κ1) is 14.3. The lowest BCUT2D eigenvalue weighted by Crippen LogP contribution is -2.53. The van der Waals surface area contributed by atoms with Crippen molar-refractivity contribution in [1.82, 2.24) is 5.32 Å². The van der Waals surface area contributed by atoms with Crippen molar-refractivity contribution in [3.8, 4) is 5.75 Å². The number of hydrogen-bond donors (Lipinski definition) is 2. The Morgan fingerprint density at radius 1 is 1.53 bits per heavy atom. The Kier molecular flexibility index (Phi) is 4.80. The van der Waals surface area contributed by atoms with E-state index in [1.807, 2.05) is 12.1 Å². The van der Waals surface area contributed by atoms with Crippen molar-refractivity contribution in [2.75, 3.05) is 13.2 Å². The van der Waals surface area contributed by atoms with E-state index in [-0.39, 0.29) is 18.1 Å². The molecular formula is C13H20ClNO2. The van der Waals surface area contributed by atoms with Crippen LogP contribution in [0.3, 0.4) is 0 Å². The first-order valence-electron chi connectivity index (χ1n) is 5.74. The fraction of sp³-hybridized carbons (Fsp3) is 0.538. The fourth-order valence-corrected chi connectivity index (χ4v) is 2.00. The third-order valence-corrected chi connectivity index (χ3v) is 2.96. The van der Waals surface area contributed by atoms with Gasteiger partial charge in [-0.2, -0.15) is 0 Å². The molecule has 1 aliphatic rings. The average Bonchev–Trinajstić information content (AvgIpc) is 2.23. The Bertz CT molecular complexity index is 362. The number of phenolic OH excluding ortho intramolecular Hbond substituents is 1. The molecule has 2 atom stereocenters. The van der Waals surface area contributed by atoms with E-state index in [0.717, 1.165) is 25.1 Å². The predicted molar refractivity (Wildman–Crippen MR) is 70.6 cm³/mol. The van der Waals surface area contributed by atoms with Gasteiger partial charge in [0.2, 0.25) is 0 Å². The SMILES string of the molecule is CC1CNC(C)(Cc2cccc(O)c2)OC1.Cl. The molecule has 1 fully saturated rings. The van der Waals surface area contributed by atoms with E-state index in [2.05, 4.69) is 19.2 Å². The lowest BCUT2D eigenvalue weighted by molar-refractivity contribution is -0.0997. The summed E-state index contributed by atoms with van der Waals surface area (Å²) in [6.07, 6.45) is 0.772. The predicted octanol–water partition coefficient (Wildman–Crippen LogP) is 2.33. The van der Waals surface area contributed by atoms with Gasteiger partial charge in [-0.25, -0.2) is 0 Å². The highest BCUT2D eigenvalue weighted by Gasteiger charge is 2.29. The topological polar surface area (TPSA) is 41.5 Å². The van der Waals surface area contributed by atoms with Gasteiger partial charge in [-0.05, 0) is 30.5 Å². The van der Waals surface area contributed by atoms with Gasteiger partial charge in [0.15, 0.2) is 0 Å². The largest absolute Gasteiger partial charge is 0.508 e. The second kappa shape index (κ2) is 5.71. The second-order valence-corrected chi connectivity index (χ2v) is 4.87. The summed E-state index contributed by atoms with van der Waals surface area (Å²) in [7, 11) is 0. The van der Waals surface area contributed by atoms with E-state index in [1.54, 1.807) is 12.1 Å². The second-order valence-electron chi connectivity index (χ2n) is 4.87. The molecule has 2 unspecified atom stereocenters. The van der Waals surface area contributed by atoms with Gasteiger partial charge in [0.05, 0.1) is 6.61 Å². The van der Waals surface area contributed by atoms with Gasteiger partial charge in [0.1, 0.15) is 11.5 Å².